The third-order valence-corrected chi connectivity index (χ3v) is 3.54. The second-order valence-corrected chi connectivity index (χ2v) is 5.31. The molecule has 0 aromatic heterocycles. The predicted molar refractivity (Wildman–Crippen MR) is 94.4 cm³/mol. The molecule has 0 aliphatic rings. The third kappa shape index (κ3) is 6.70. The Bertz CT molecular complexity index is 584. The first-order valence-electron chi connectivity index (χ1n) is 8.45. The number of hydrogen-bond acceptors (Lipinski definition) is 6. The van der Waals surface area contributed by atoms with E-state index in [9.17, 15) is 0 Å². The first-order valence-corrected chi connectivity index (χ1v) is 8.45. The molecule has 6 heteroatoms. The molecule has 0 amide bonds. The van der Waals surface area contributed by atoms with Gasteiger partial charge in [0.25, 0.3) is 0 Å². The van der Waals surface area contributed by atoms with E-state index in [2.05, 4.69) is 0 Å². The van der Waals surface area contributed by atoms with Gasteiger partial charge in [-0.1, -0.05) is 42.5 Å². The number of benzene rings is 2. The van der Waals surface area contributed by atoms with E-state index in [0.717, 1.165) is 16.3 Å². The number of hydrogen-bond donors (Lipinski definition) is 2. The number of fused-ring (bicyclic) bond motifs is 1. The number of aliphatic hydroxyl groups is 2. The molecule has 25 heavy (non-hydrogen) atoms. The van der Waals surface area contributed by atoms with E-state index in [4.69, 9.17) is 29.2 Å². The van der Waals surface area contributed by atoms with Gasteiger partial charge in [0.05, 0.1) is 52.9 Å². The van der Waals surface area contributed by atoms with Gasteiger partial charge in [-0.15, -0.1) is 0 Å². The lowest BCUT2D eigenvalue weighted by Gasteiger charge is -2.21. The summed E-state index contributed by atoms with van der Waals surface area (Å²) in [4.78, 5) is 0. The highest BCUT2D eigenvalue weighted by molar-refractivity contribution is 5.85. The van der Waals surface area contributed by atoms with E-state index < -0.39 is 6.29 Å². The number of ether oxygens (including phenoxy) is 4. The van der Waals surface area contributed by atoms with Crippen LogP contribution < -0.4 is 0 Å². The normalized spacial score (nSPS) is 11.5. The van der Waals surface area contributed by atoms with Gasteiger partial charge < -0.3 is 29.2 Å². The molecule has 2 rings (SSSR count). The molecule has 0 fully saturated rings. The Balaban J connectivity index is 2.01. The average Bonchev–Trinajstić information content (AvgIpc) is 2.65. The zero-order valence-electron chi connectivity index (χ0n) is 14.3. The number of aliphatic hydroxyl groups excluding tert-OH is 2. The van der Waals surface area contributed by atoms with Gasteiger partial charge in [-0.3, -0.25) is 0 Å². The third-order valence-electron chi connectivity index (χ3n) is 3.54. The lowest BCUT2D eigenvalue weighted by Crippen LogP contribution is -2.17. The summed E-state index contributed by atoms with van der Waals surface area (Å²) in [6.45, 7) is 2.03. The van der Waals surface area contributed by atoms with Gasteiger partial charge in [-0.05, 0) is 10.8 Å². The fourth-order valence-electron chi connectivity index (χ4n) is 2.45. The summed E-state index contributed by atoms with van der Waals surface area (Å²) in [5.41, 5.74) is 0.947. The van der Waals surface area contributed by atoms with Crippen LogP contribution in [0, 0.1) is 0 Å². The summed E-state index contributed by atoms with van der Waals surface area (Å²) in [5, 5.41) is 19.7. The quantitative estimate of drug-likeness (QED) is 0.424. The molecule has 0 spiro atoms. The molecule has 138 valence electrons. The van der Waals surface area contributed by atoms with Crippen LogP contribution in [0.25, 0.3) is 10.8 Å². The molecule has 0 aliphatic heterocycles. The minimum absolute atomic E-state index is 0.00848. The Hall–Kier alpha value is -1.54. The first kappa shape index (κ1) is 19.8. The first-order chi connectivity index (χ1) is 12.4. The van der Waals surface area contributed by atoms with Crippen molar-refractivity contribution >= 4 is 10.8 Å². The molecule has 0 heterocycles. The van der Waals surface area contributed by atoms with Gasteiger partial charge in [0.15, 0.2) is 6.29 Å². The predicted octanol–water partition coefficient (Wildman–Crippen LogP) is 1.89. The van der Waals surface area contributed by atoms with E-state index in [0.29, 0.717) is 26.4 Å². The van der Waals surface area contributed by atoms with Crippen LogP contribution in [0.3, 0.4) is 0 Å². The van der Waals surface area contributed by atoms with Gasteiger partial charge in [-0.25, -0.2) is 0 Å². The average molecular weight is 350 g/mol. The zero-order valence-corrected chi connectivity index (χ0v) is 14.3. The van der Waals surface area contributed by atoms with E-state index in [1.807, 2.05) is 42.5 Å². The van der Waals surface area contributed by atoms with Crippen molar-refractivity contribution in [1.29, 1.82) is 0 Å². The SMILES string of the molecule is OCCOCCOC(OCCOCCO)c1cccc2ccccc12. The zero-order chi connectivity index (χ0) is 17.7. The summed E-state index contributed by atoms with van der Waals surface area (Å²) in [5.74, 6) is 0. The molecule has 2 aromatic carbocycles. The van der Waals surface area contributed by atoms with E-state index >= 15 is 0 Å². The molecule has 0 saturated heterocycles. The fraction of sp³-hybridized carbons (Fsp3) is 0.474. The summed E-state index contributed by atoms with van der Waals surface area (Å²) < 4.78 is 22.2. The second-order valence-electron chi connectivity index (χ2n) is 5.31. The largest absolute Gasteiger partial charge is 0.394 e. The van der Waals surface area contributed by atoms with Crippen molar-refractivity contribution in [3.05, 3.63) is 48.0 Å². The lowest BCUT2D eigenvalue weighted by molar-refractivity contribution is -0.162. The van der Waals surface area contributed by atoms with Crippen molar-refractivity contribution in [3.63, 3.8) is 0 Å². The van der Waals surface area contributed by atoms with Crippen LogP contribution >= 0.6 is 0 Å². The maximum atomic E-state index is 8.74. The van der Waals surface area contributed by atoms with Gasteiger partial charge in [0.2, 0.25) is 0 Å². The fourth-order valence-corrected chi connectivity index (χ4v) is 2.45. The molecule has 0 aliphatic carbocycles. The van der Waals surface area contributed by atoms with Gasteiger partial charge >= 0.3 is 0 Å². The molecule has 0 bridgehead atoms. The standard InChI is InChI=1S/C19H26O6/c20-8-10-22-12-14-24-19(25-15-13-23-11-9-21)18-7-3-5-16-4-1-2-6-17(16)18/h1-7,19-21H,8-15H2. The van der Waals surface area contributed by atoms with E-state index in [1.165, 1.54) is 0 Å². The van der Waals surface area contributed by atoms with Crippen LogP contribution in [0.1, 0.15) is 11.9 Å². The molecule has 0 atom stereocenters. The van der Waals surface area contributed by atoms with Crippen molar-refractivity contribution in [1.82, 2.24) is 0 Å². The minimum Gasteiger partial charge on any atom is -0.394 e. The van der Waals surface area contributed by atoms with Crippen molar-refractivity contribution in [3.8, 4) is 0 Å². The molecule has 0 saturated carbocycles. The Morgan fingerprint density at radius 1 is 0.680 bits per heavy atom. The monoisotopic (exact) mass is 350 g/mol. The van der Waals surface area contributed by atoms with Gasteiger partial charge in [-0.2, -0.15) is 0 Å². The highest BCUT2D eigenvalue weighted by Crippen LogP contribution is 2.27. The highest BCUT2D eigenvalue weighted by Gasteiger charge is 2.15. The van der Waals surface area contributed by atoms with E-state index in [-0.39, 0.29) is 26.4 Å². The maximum absolute atomic E-state index is 8.74. The summed E-state index contributed by atoms with van der Waals surface area (Å²) in [6, 6.07) is 14.1. The second kappa shape index (κ2) is 11.9. The summed E-state index contributed by atoms with van der Waals surface area (Å²) in [6.07, 6.45) is -0.540. The minimum atomic E-state index is -0.540. The molecular formula is C19H26O6. The molecule has 2 N–H and O–H groups in total. The van der Waals surface area contributed by atoms with E-state index in [1.54, 1.807) is 0 Å². The van der Waals surface area contributed by atoms with Crippen LogP contribution in [-0.4, -0.2) is 63.1 Å². The molecular weight excluding hydrogens is 324 g/mol. The van der Waals surface area contributed by atoms with Crippen LogP contribution in [-0.2, 0) is 18.9 Å². The van der Waals surface area contributed by atoms with Crippen LogP contribution in [0.4, 0.5) is 0 Å². The van der Waals surface area contributed by atoms with Crippen LogP contribution in [0.15, 0.2) is 42.5 Å². The molecule has 6 nitrogen and oxygen atoms in total. The van der Waals surface area contributed by atoms with Gasteiger partial charge in [0, 0.05) is 5.56 Å². The summed E-state index contributed by atoms with van der Waals surface area (Å²) >= 11 is 0. The Morgan fingerprint density at radius 3 is 1.92 bits per heavy atom. The topological polar surface area (TPSA) is 77.4 Å². The number of rotatable bonds is 13. The van der Waals surface area contributed by atoms with Gasteiger partial charge in [0.1, 0.15) is 0 Å². The van der Waals surface area contributed by atoms with Crippen molar-refractivity contribution in [2.75, 3.05) is 52.9 Å². The summed E-state index contributed by atoms with van der Waals surface area (Å²) in [7, 11) is 0. The van der Waals surface area contributed by atoms with Crippen molar-refractivity contribution < 1.29 is 29.2 Å². The van der Waals surface area contributed by atoms with Crippen molar-refractivity contribution in [2.45, 2.75) is 6.29 Å². The maximum Gasteiger partial charge on any atom is 0.184 e. The highest BCUT2D eigenvalue weighted by atomic mass is 16.7. The lowest BCUT2D eigenvalue weighted by atomic mass is 10.0. The molecule has 0 unspecified atom stereocenters. The Morgan fingerprint density at radius 2 is 1.28 bits per heavy atom. The van der Waals surface area contributed by atoms with Crippen molar-refractivity contribution in [2.24, 2.45) is 0 Å². The van der Waals surface area contributed by atoms with Crippen LogP contribution in [0.2, 0.25) is 0 Å². The smallest absolute Gasteiger partial charge is 0.184 e. The Kier molecular flexibility index (Phi) is 9.43. The Labute approximate surface area is 147 Å². The molecule has 0 radical (unpaired) electrons. The molecule has 2 aromatic rings. The van der Waals surface area contributed by atoms with Crippen LogP contribution in [0.5, 0.6) is 0 Å².